The predicted octanol–water partition coefficient (Wildman–Crippen LogP) is 5.19. The van der Waals surface area contributed by atoms with Crippen LogP contribution in [0.2, 0.25) is 0 Å². The van der Waals surface area contributed by atoms with E-state index in [2.05, 4.69) is 41.4 Å². The van der Waals surface area contributed by atoms with Gasteiger partial charge in [-0.1, -0.05) is 54.2 Å². The van der Waals surface area contributed by atoms with Gasteiger partial charge in [0.15, 0.2) is 16.8 Å². The van der Waals surface area contributed by atoms with Crippen LogP contribution in [0.1, 0.15) is 34.2 Å². The molecule has 0 N–H and O–H groups in total. The summed E-state index contributed by atoms with van der Waals surface area (Å²) in [7, 11) is 0. The van der Waals surface area contributed by atoms with E-state index in [0.29, 0.717) is 35.3 Å². The molecule has 4 rings (SSSR count). The fourth-order valence-corrected chi connectivity index (χ4v) is 4.42. The third-order valence-electron chi connectivity index (χ3n) is 5.28. The number of fused-ring (bicyclic) bond motifs is 1. The molecule has 0 radical (unpaired) electrons. The molecule has 0 spiro atoms. The molecule has 32 heavy (non-hydrogen) atoms. The van der Waals surface area contributed by atoms with Crippen molar-refractivity contribution in [2.24, 2.45) is 0 Å². The zero-order valence-corrected chi connectivity index (χ0v) is 18.7. The van der Waals surface area contributed by atoms with Crippen LogP contribution in [0, 0.1) is 18.3 Å². The fourth-order valence-electron chi connectivity index (χ4n) is 3.50. The standard InChI is InChI=1S/C25H22N4O2S/c1-3-29-24(15-31-23-13-12-19-6-4-5-7-21(19)17(23)2)27-28-25(29)32-16-22(30)20-10-8-18(14-26)9-11-20/h4-13H,3,15-16H2,1-2H3. The highest BCUT2D eigenvalue weighted by atomic mass is 32.2. The second kappa shape index (κ2) is 9.67. The van der Waals surface area contributed by atoms with Crippen LogP contribution in [0.15, 0.2) is 65.8 Å². The average molecular weight is 443 g/mol. The van der Waals surface area contributed by atoms with Gasteiger partial charge in [0.1, 0.15) is 12.4 Å². The van der Waals surface area contributed by atoms with Crippen LogP contribution in [0.4, 0.5) is 0 Å². The molecule has 0 saturated carbocycles. The number of rotatable bonds is 8. The molecule has 1 aromatic heterocycles. The summed E-state index contributed by atoms with van der Waals surface area (Å²) in [6.07, 6.45) is 0. The van der Waals surface area contributed by atoms with Gasteiger partial charge in [-0.15, -0.1) is 10.2 Å². The van der Waals surface area contributed by atoms with Crippen LogP contribution in [0.5, 0.6) is 5.75 Å². The highest BCUT2D eigenvalue weighted by Crippen LogP contribution is 2.28. The highest BCUT2D eigenvalue weighted by molar-refractivity contribution is 7.99. The lowest BCUT2D eigenvalue weighted by Gasteiger charge is -2.12. The molecule has 0 bridgehead atoms. The van der Waals surface area contributed by atoms with Gasteiger partial charge in [-0.05, 0) is 48.4 Å². The first-order valence-corrected chi connectivity index (χ1v) is 11.3. The fraction of sp³-hybridized carbons (Fsp3) is 0.200. The summed E-state index contributed by atoms with van der Waals surface area (Å²) in [6.45, 7) is 5.04. The Hall–Kier alpha value is -3.63. The lowest BCUT2D eigenvalue weighted by atomic mass is 10.0. The van der Waals surface area contributed by atoms with Gasteiger partial charge in [0.2, 0.25) is 0 Å². The summed E-state index contributed by atoms with van der Waals surface area (Å²) in [5.41, 5.74) is 2.20. The maximum Gasteiger partial charge on any atom is 0.191 e. The van der Waals surface area contributed by atoms with Gasteiger partial charge >= 0.3 is 0 Å². The summed E-state index contributed by atoms with van der Waals surface area (Å²) >= 11 is 1.35. The van der Waals surface area contributed by atoms with E-state index in [0.717, 1.165) is 11.3 Å². The minimum absolute atomic E-state index is 0.0188. The van der Waals surface area contributed by atoms with Crippen LogP contribution < -0.4 is 4.74 Å². The molecule has 0 saturated heterocycles. The summed E-state index contributed by atoms with van der Waals surface area (Å²) in [4.78, 5) is 12.5. The predicted molar refractivity (Wildman–Crippen MR) is 125 cm³/mol. The van der Waals surface area contributed by atoms with Crippen LogP contribution in [0.3, 0.4) is 0 Å². The lowest BCUT2D eigenvalue weighted by molar-refractivity contribution is 0.102. The number of carbonyl (C=O) groups is 1. The largest absolute Gasteiger partial charge is 0.485 e. The molecule has 0 aliphatic carbocycles. The Morgan fingerprint density at radius 3 is 2.62 bits per heavy atom. The molecule has 3 aromatic carbocycles. The third-order valence-corrected chi connectivity index (χ3v) is 6.25. The maximum atomic E-state index is 12.5. The Morgan fingerprint density at radius 2 is 1.88 bits per heavy atom. The molecule has 0 aliphatic rings. The van der Waals surface area contributed by atoms with Crippen LogP contribution in [0.25, 0.3) is 10.8 Å². The molecule has 0 amide bonds. The number of nitrogens with zero attached hydrogens (tertiary/aromatic N) is 4. The lowest BCUT2D eigenvalue weighted by Crippen LogP contribution is -2.09. The first kappa shape index (κ1) is 21.6. The van der Waals surface area contributed by atoms with Crippen LogP contribution >= 0.6 is 11.8 Å². The highest BCUT2D eigenvalue weighted by Gasteiger charge is 2.15. The zero-order valence-electron chi connectivity index (χ0n) is 17.9. The van der Waals surface area contributed by atoms with Crippen LogP contribution in [-0.4, -0.2) is 26.3 Å². The average Bonchev–Trinajstić information content (AvgIpc) is 3.24. The second-order valence-corrected chi connectivity index (χ2v) is 8.19. The van der Waals surface area contributed by atoms with Crippen molar-refractivity contribution in [3.05, 3.63) is 83.2 Å². The third kappa shape index (κ3) is 4.51. The first-order chi connectivity index (χ1) is 15.6. The number of Topliss-reactive ketones (excluding diaryl/α,β-unsaturated/α-hetero) is 1. The molecule has 0 unspecified atom stereocenters. The van der Waals surface area contributed by atoms with E-state index in [4.69, 9.17) is 10.00 Å². The maximum absolute atomic E-state index is 12.5. The number of ether oxygens (including phenoxy) is 1. The Morgan fingerprint density at radius 1 is 1.09 bits per heavy atom. The molecule has 1 heterocycles. The smallest absolute Gasteiger partial charge is 0.191 e. The summed E-state index contributed by atoms with van der Waals surface area (Å²) < 4.78 is 8.04. The topological polar surface area (TPSA) is 80.8 Å². The number of carbonyl (C=O) groups excluding carboxylic acids is 1. The Kier molecular flexibility index (Phi) is 6.52. The van der Waals surface area contributed by atoms with E-state index in [9.17, 15) is 4.79 Å². The Balaban J connectivity index is 1.43. The van der Waals surface area contributed by atoms with Gasteiger partial charge in [0.05, 0.1) is 17.4 Å². The number of nitriles is 1. The van der Waals surface area contributed by atoms with E-state index < -0.39 is 0 Å². The minimum atomic E-state index is -0.0188. The number of thioether (sulfide) groups is 1. The van der Waals surface area contributed by atoms with Gasteiger partial charge in [0.25, 0.3) is 0 Å². The van der Waals surface area contributed by atoms with Gasteiger partial charge in [-0.2, -0.15) is 5.26 Å². The number of hydrogen-bond acceptors (Lipinski definition) is 6. The monoisotopic (exact) mass is 442 g/mol. The molecule has 0 aliphatic heterocycles. The summed E-state index contributed by atoms with van der Waals surface area (Å²) in [5, 5.41) is 20.5. The van der Waals surface area contributed by atoms with Crippen molar-refractivity contribution in [1.29, 1.82) is 5.26 Å². The van der Waals surface area contributed by atoms with Crippen molar-refractivity contribution in [1.82, 2.24) is 14.8 Å². The van der Waals surface area contributed by atoms with Gasteiger partial charge in [-0.25, -0.2) is 0 Å². The second-order valence-electron chi connectivity index (χ2n) is 7.24. The van der Waals surface area contributed by atoms with Crippen molar-refractivity contribution < 1.29 is 9.53 Å². The minimum Gasteiger partial charge on any atom is -0.485 e. The molecule has 0 atom stereocenters. The normalized spacial score (nSPS) is 10.8. The van der Waals surface area contributed by atoms with E-state index in [1.165, 1.54) is 22.5 Å². The van der Waals surface area contributed by atoms with Gasteiger partial charge in [-0.3, -0.25) is 4.79 Å². The molecule has 4 aromatic rings. The van der Waals surface area contributed by atoms with E-state index in [-0.39, 0.29) is 11.5 Å². The van der Waals surface area contributed by atoms with Crippen molar-refractivity contribution in [3.8, 4) is 11.8 Å². The zero-order chi connectivity index (χ0) is 22.5. The Labute approximate surface area is 190 Å². The van der Waals surface area contributed by atoms with Crippen molar-refractivity contribution >= 4 is 28.3 Å². The van der Waals surface area contributed by atoms with Crippen molar-refractivity contribution in [2.45, 2.75) is 32.2 Å². The van der Waals surface area contributed by atoms with E-state index >= 15 is 0 Å². The molecular formula is C25H22N4O2S. The van der Waals surface area contributed by atoms with Gasteiger partial charge < -0.3 is 9.30 Å². The molecular weight excluding hydrogens is 420 g/mol. The first-order valence-electron chi connectivity index (χ1n) is 10.3. The van der Waals surface area contributed by atoms with Gasteiger partial charge in [0, 0.05) is 12.1 Å². The van der Waals surface area contributed by atoms with Crippen molar-refractivity contribution in [3.63, 3.8) is 0 Å². The number of aromatic nitrogens is 3. The van der Waals surface area contributed by atoms with E-state index in [1.807, 2.05) is 29.7 Å². The number of ketones is 1. The molecule has 6 nitrogen and oxygen atoms in total. The summed E-state index contributed by atoms with van der Waals surface area (Å²) in [6, 6.07) is 21.0. The van der Waals surface area contributed by atoms with Crippen molar-refractivity contribution in [2.75, 3.05) is 5.75 Å². The molecule has 0 fully saturated rings. The van der Waals surface area contributed by atoms with E-state index in [1.54, 1.807) is 24.3 Å². The number of aryl methyl sites for hydroxylation is 1. The molecule has 7 heteroatoms. The Bertz CT molecular complexity index is 1310. The number of hydrogen-bond donors (Lipinski definition) is 0. The summed E-state index contributed by atoms with van der Waals surface area (Å²) in [5.74, 6) is 1.76. The SMILES string of the molecule is CCn1c(COc2ccc3ccccc3c2C)nnc1SCC(=O)c1ccc(C#N)cc1. The quantitative estimate of drug-likeness (QED) is 0.276. The number of benzene rings is 3. The van der Waals surface area contributed by atoms with Crippen LogP contribution in [-0.2, 0) is 13.2 Å². The molecule has 160 valence electrons.